The third kappa shape index (κ3) is 2.61. The Hall–Kier alpha value is -2.04. The van der Waals surface area contributed by atoms with Gasteiger partial charge in [0, 0.05) is 0 Å². The molecule has 0 saturated carbocycles. The zero-order valence-corrected chi connectivity index (χ0v) is 10.1. The smallest absolute Gasteiger partial charge is 0.325 e. The number of fused-ring (bicyclic) bond motifs is 1. The second-order valence-electron chi connectivity index (χ2n) is 4.39. The maximum Gasteiger partial charge on any atom is 0.325 e. The Morgan fingerprint density at radius 1 is 1.44 bits per heavy atom. The highest BCUT2D eigenvalue weighted by molar-refractivity contribution is 5.85. The zero-order chi connectivity index (χ0) is 13.1. The van der Waals surface area contributed by atoms with E-state index >= 15 is 0 Å². The van der Waals surface area contributed by atoms with E-state index in [-0.39, 0.29) is 18.4 Å². The summed E-state index contributed by atoms with van der Waals surface area (Å²) in [6, 6.07) is 6.67. The quantitative estimate of drug-likeness (QED) is 0.831. The van der Waals surface area contributed by atoms with Gasteiger partial charge in [-0.2, -0.15) is 0 Å². The molecule has 2 atom stereocenters. The van der Waals surface area contributed by atoms with Crippen molar-refractivity contribution in [1.82, 2.24) is 5.32 Å². The van der Waals surface area contributed by atoms with Crippen LogP contribution in [0.5, 0.6) is 5.75 Å². The van der Waals surface area contributed by atoms with E-state index < -0.39 is 12.0 Å². The number of carbonyl (C=O) groups is 2. The van der Waals surface area contributed by atoms with Crippen molar-refractivity contribution in [2.24, 2.45) is 5.92 Å². The first kappa shape index (κ1) is 12.4. The second kappa shape index (κ2) is 5.08. The van der Waals surface area contributed by atoms with Crippen LogP contribution in [0.4, 0.5) is 0 Å². The van der Waals surface area contributed by atoms with Gasteiger partial charge in [0.1, 0.15) is 18.4 Å². The third-order valence-electron chi connectivity index (χ3n) is 2.98. The summed E-state index contributed by atoms with van der Waals surface area (Å²) < 4.78 is 5.49. The summed E-state index contributed by atoms with van der Waals surface area (Å²) >= 11 is 0. The van der Waals surface area contributed by atoms with Gasteiger partial charge in [0.2, 0.25) is 5.91 Å². The predicted molar refractivity (Wildman–Crippen MR) is 64.4 cm³/mol. The molecule has 0 aliphatic carbocycles. The molecule has 1 aliphatic heterocycles. The number of rotatable bonds is 3. The van der Waals surface area contributed by atoms with Crippen molar-refractivity contribution < 1.29 is 19.4 Å². The Morgan fingerprint density at radius 3 is 2.89 bits per heavy atom. The van der Waals surface area contributed by atoms with Crippen LogP contribution in [0.3, 0.4) is 0 Å². The summed E-state index contributed by atoms with van der Waals surface area (Å²) in [7, 11) is 0. The maximum absolute atomic E-state index is 11.9. The number of ether oxygens (including phenoxy) is 1. The molecule has 5 heteroatoms. The van der Waals surface area contributed by atoms with Crippen LogP contribution in [0.15, 0.2) is 24.3 Å². The molecule has 5 nitrogen and oxygen atoms in total. The molecule has 0 bridgehead atoms. The summed E-state index contributed by atoms with van der Waals surface area (Å²) in [6.07, 6.45) is 0.578. The summed E-state index contributed by atoms with van der Waals surface area (Å²) in [5, 5.41) is 11.2. The van der Waals surface area contributed by atoms with E-state index in [1.165, 1.54) is 6.92 Å². The normalized spacial score (nSPS) is 19.3. The maximum atomic E-state index is 11.9. The third-order valence-corrected chi connectivity index (χ3v) is 2.98. The van der Waals surface area contributed by atoms with E-state index in [4.69, 9.17) is 9.84 Å². The van der Waals surface area contributed by atoms with Crippen LogP contribution in [0.2, 0.25) is 0 Å². The highest BCUT2D eigenvalue weighted by atomic mass is 16.5. The molecular formula is C13H15NO4. The number of aliphatic carboxylic acids is 1. The van der Waals surface area contributed by atoms with E-state index in [0.717, 1.165) is 11.3 Å². The molecule has 2 rings (SSSR count). The molecule has 96 valence electrons. The first-order chi connectivity index (χ1) is 8.58. The number of para-hydroxylation sites is 1. The molecule has 2 N–H and O–H groups in total. The van der Waals surface area contributed by atoms with Crippen molar-refractivity contribution in [3.8, 4) is 5.75 Å². The minimum Gasteiger partial charge on any atom is -0.492 e. The lowest BCUT2D eigenvalue weighted by Gasteiger charge is -2.25. The number of hydrogen-bond donors (Lipinski definition) is 2. The Kier molecular flexibility index (Phi) is 3.50. The molecule has 1 heterocycles. The number of hydrogen-bond acceptors (Lipinski definition) is 3. The highest BCUT2D eigenvalue weighted by Crippen LogP contribution is 2.26. The number of nitrogens with one attached hydrogen (secondary N) is 1. The lowest BCUT2D eigenvalue weighted by atomic mass is 9.96. The highest BCUT2D eigenvalue weighted by Gasteiger charge is 2.27. The first-order valence-electron chi connectivity index (χ1n) is 5.82. The minimum absolute atomic E-state index is 0.278. The molecule has 0 aromatic heterocycles. The SMILES string of the molecule is C[C@@H](NC(=O)C1COc2ccccc2C1)C(=O)O. The first-order valence-corrected chi connectivity index (χ1v) is 5.82. The van der Waals surface area contributed by atoms with E-state index in [1.807, 2.05) is 24.3 Å². The van der Waals surface area contributed by atoms with Gasteiger partial charge in [-0.3, -0.25) is 9.59 Å². The summed E-state index contributed by atoms with van der Waals surface area (Å²) in [5.74, 6) is -0.852. The minimum atomic E-state index is -1.04. The Labute approximate surface area is 105 Å². The Morgan fingerprint density at radius 2 is 2.17 bits per heavy atom. The number of carbonyl (C=O) groups excluding carboxylic acids is 1. The number of benzene rings is 1. The fourth-order valence-electron chi connectivity index (χ4n) is 1.89. The van der Waals surface area contributed by atoms with Gasteiger partial charge in [0.25, 0.3) is 0 Å². The molecule has 1 unspecified atom stereocenters. The van der Waals surface area contributed by atoms with Crippen LogP contribution < -0.4 is 10.1 Å². The lowest BCUT2D eigenvalue weighted by molar-refractivity contribution is -0.142. The fraction of sp³-hybridized carbons (Fsp3) is 0.385. The standard InChI is InChI=1S/C13H15NO4/c1-8(13(16)17)14-12(15)10-6-9-4-2-3-5-11(9)18-7-10/h2-5,8,10H,6-7H2,1H3,(H,14,15)(H,16,17)/t8-,10?/m1/s1. The molecule has 18 heavy (non-hydrogen) atoms. The van der Waals surface area contributed by atoms with E-state index in [0.29, 0.717) is 6.42 Å². The number of carboxylic acid groups (broad SMARTS) is 1. The Balaban J connectivity index is 2.00. The summed E-state index contributed by atoms with van der Waals surface area (Å²) in [4.78, 5) is 22.5. The van der Waals surface area contributed by atoms with E-state index in [9.17, 15) is 9.59 Å². The van der Waals surface area contributed by atoms with Gasteiger partial charge in [-0.05, 0) is 25.0 Å². The molecular weight excluding hydrogens is 234 g/mol. The average molecular weight is 249 g/mol. The van der Waals surface area contributed by atoms with E-state index in [2.05, 4.69) is 5.32 Å². The predicted octanol–water partition coefficient (Wildman–Crippen LogP) is 0.827. The van der Waals surface area contributed by atoms with Crippen molar-refractivity contribution in [1.29, 1.82) is 0 Å². The van der Waals surface area contributed by atoms with Crippen LogP contribution in [0.1, 0.15) is 12.5 Å². The number of amides is 1. The van der Waals surface area contributed by atoms with Crippen molar-refractivity contribution in [3.63, 3.8) is 0 Å². The van der Waals surface area contributed by atoms with Gasteiger partial charge in [0.05, 0.1) is 5.92 Å². The largest absolute Gasteiger partial charge is 0.492 e. The van der Waals surface area contributed by atoms with Gasteiger partial charge in [-0.1, -0.05) is 18.2 Å². The molecule has 0 spiro atoms. The van der Waals surface area contributed by atoms with Crippen LogP contribution in [-0.2, 0) is 16.0 Å². The molecule has 1 aromatic carbocycles. The van der Waals surface area contributed by atoms with E-state index in [1.54, 1.807) is 0 Å². The molecule has 1 aliphatic rings. The van der Waals surface area contributed by atoms with Crippen molar-refractivity contribution in [3.05, 3.63) is 29.8 Å². The van der Waals surface area contributed by atoms with Crippen molar-refractivity contribution >= 4 is 11.9 Å². The molecule has 0 fully saturated rings. The van der Waals surface area contributed by atoms with Gasteiger partial charge in [0.15, 0.2) is 0 Å². The van der Waals surface area contributed by atoms with Crippen LogP contribution >= 0.6 is 0 Å². The van der Waals surface area contributed by atoms with Gasteiger partial charge < -0.3 is 15.2 Å². The van der Waals surface area contributed by atoms with Gasteiger partial charge in [-0.25, -0.2) is 0 Å². The monoisotopic (exact) mass is 249 g/mol. The average Bonchev–Trinajstić information content (AvgIpc) is 2.37. The molecule has 1 amide bonds. The second-order valence-corrected chi connectivity index (χ2v) is 4.39. The van der Waals surface area contributed by atoms with Gasteiger partial charge in [-0.15, -0.1) is 0 Å². The van der Waals surface area contributed by atoms with Gasteiger partial charge >= 0.3 is 5.97 Å². The van der Waals surface area contributed by atoms with Crippen LogP contribution in [0.25, 0.3) is 0 Å². The Bertz CT molecular complexity index is 472. The van der Waals surface area contributed by atoms with Crippen molar-refractivity contribution in [2.75, 3.05) is 6.61 Å². The summed E-state index contributed by atoms with van der Waals surface area (Å²) in [5.41, 5.74) is 0.979. The zero-order valence-electron chi connectivity index (χ0n) is 10.1. The van der Waals surface area contributed by atoms with Crippen LogP contribution in [0, 0.1) is 5.92 Å². The molecule has 0 saturated heterocycles. The van der Waals surface area contributed by atoms with Crippen molar-refractivity contribution in [2.45, 2.75) is 19.4 Å². The molecule has 0 radical (unpaired) electrons. The topological polar surface area (TPSA) is 75.6 Å². The summed E-state index contributed by atoms with van der Waals surface area (Å²) in [6.45, 7) is 1.73. The molecule has 1 aromatic rings. The fourth-order valence-corrected chi connectivity index (χ4v) is 1.89. The lowest BCUT2D eigenvalue weighted by Crippen LogP contribution is -2.44. The number of carboxylic acids is 1. The van der Waals surface area contributed by atoms with Crippen LogP contribution in [-0.4, -0.2) is 29.6 Å².